The summed E-state index contributed by atoms with van der Waals surface area (Å²) >= 11 is 1.58. The van der Waals surface area contributed by atoms with Crippen molar-refractivity contribution in [3.05, 3.63) is 34.7 Å². The molecule has 0 unspecified atom stereocenters. The second-order valence-electron chi connectivity index (χ2n) is 6.13. The number of nitrogens with zero attached hydrogens (tertiary/aromatic N) is 2. The minimum Gasteiger partial charge on any atom is -0.450 e. The van der Waals surface area contributed by atoms with Crippen LogP contribution in [-0.4, -0.2) is 54.6 Å². The molecule has 0 aliphatic carbocycles. The van der Waals surface area contributed by atoms with E-state index in [2.05, 4.69) is 19.1 Å². The second-order valence-corrected chi connectivity index (χ2v) is 7.19. The maximum Gasteiger partial charge on any atom is 0.409 e. The predicted octanol–water partition coefficient (Wildman–Crippen LogP) is 3.77. The highest BCUT2D eigenvalue weighted by atomic mass is 32.1. The van der Waals surface area contributed by atoms with Crippen molar-refractivity contribution in [2.24, 2.45) is 0 Å². The first-order valence-electron chi connectivity index (χ1n) is 8.87. The molecular weight excluding hydrogens is 336 g/mol. The van der Waals surface area contributed by atoms with Crippen molar-refractivity contribution in [3.8, 4) is 0 Å². The number of piperazine rings is 1. The summed E-state index contributed by atoms with van der Waals surface area (Å²) in [5, 5.41) is 1.20. The third kappa shape index (κ3) is 3.63. The molecule has 1 aromatic carbocycles. The van der Waals surface area contributed by atoms with E-state index in [9.17, 15) is 9.59 Å². The summed E-state index contributed by atoms with van der Waals surface area (Å²) in [6.45, 7) is 6.47. The van der Waals surface area contributed by atoms with Crippen LogP contribution < -0.4 is 0 Å². The van der Waals surface area contributed by atoms with E-state index in [0.29, 0.717) is 32.8 Å². The van der Waals surface area contributed by atoms with Crippen molar-refractivity contribution >= 4 is 33.4 Å². The summed E-state index contributed by atoms with van der Waals surface area (Å²) < 4.78 is 6.20. The Morgan fingerprint density at radius 3 is 2.44 bits per heavy atom. The number of benzene rings is 1. The number of hydrogen-bond donors (Lipinski definition) is 0. The van der Waals surface area contributed by atoms with Crippen molar-refractivity contribution in [1.29, 1.82) is 0 Å². The molecule has 25 heavy (non-hydrogen) atoms. The Labute approximate surface area is 152 Å². The standard InChI is InChI=1S/C19H24N2O3S/c1-3-7-15-14-8-5-6-9-16(14)25-17(15)18(22)20-10-12-21(13-11-20)19(23)24-4-2/h5-6,8-9H,3-4,7,10-13H2,1-2H3. The van der Waals surface area contributed by atoms with Gasteiger partial charge in [0, 0.05) is 30.9 Å². The lowest BCUT2D eigenvalue weighted by Crippen LogP contribution is -2.50. The predicted molar refractivity (Wildman–Crippen MR) is 100 cm³/mol. The Kier molecular flexibility index (Phi) is 5.58. The molecule has 134 valence electrons. The van der Waals surface area contributed by atoms with Crippen molar-refractivity contribution < 1.29 is 14.3 Å². The maximum absolute atomic E-state index is 13.1. The van der Waals surface area contributed by atoms with E-state index in [1.807, 2.05) is 17.0 Å². The molecule has 3 rings (SSSR count). The van der Waals surface area contributed by atoms with Crippen LogP contribution in [0.5, 0.6) is 0 Å². The monoisotopic (exact) mass is 360 g/mol. The summed E-state index contributed by atoms with van der Waals surface area (Å²) in [7, 11) is 0. The molecule has 0 atom stereocenters. The quantitative estimate of drug-likeness (QED) is 0.834. The molecule has 1 aromatic heterocycles. The zero-order valence-corrected chi connectivity index (χ0v) is 15.6. The van der Waals surface area contributed by atoms with E-state index >= 15 is 0 Å². The van der Waals surface area contributed by atoms with Crippen LogP contribution in [0.4, 0.5) is 4.79 Å². The summed E-state index contributed by atoms with van der Waals surface area (Å²) in [6.07, 6.45) is 1.63. The van der Waals surface area contributed by atoms with Crippen molar-refractivity contribution in [2.75, 3.05) is 32.8 Å². The van der Waals surface area contributed by atoms with E-state index in [4.69, 9.17) is 4.74 Å². The largest absolute Gasteiger partial charge is 0.450 e. The highest BCUT2D eigenvalue weighted by Gasteiger charge is 2.28. The van der Waals surface area contributed by atoms with Gasteiger partial charge in [-0.3, -0.25) is 4.79 Å². The van der Waals surface area contributed by atoms with Crippen molar-refractivity contribution in [3.63, 3.8) is 0 Å². The molecule has 0 radical (unpaired) electrons. The van der Waals surface area contributed by atoms with Gasteiger partial charge in [-0.2, -0.15) is 0 Å². The fourth-order valence-electron chi connectivity index (χ4n) is 3.22. The van der Waals surface area contributed by atoms with Crippen LogP contribution in [0.15, 0.2) is 24.3 Å². The van der Waals surface area contributed by atoms with Gasteiger partial charge in [-0.25, -0.2) is 4.79 Å². The first-order valence-corrected chi connectivity index (χ1v) is 9.68. The van der Waals surface area contributed by atoms with Gasteiger partial charge in [0.1, 0.15) is 0 Å². The van der Waals surface area contributed by atoms with E-state index < -0.39 is 0 Å². The Morgan fingerprint density at radius 1 is 1.08 bits per heavy atom. The third-order valence-corrected chi connectivity index (χ3v) is 5.69. The van der Waals surface area contributed by atoms with Crippen molar-refractivity contribution in [2.45, 2.75) is 26.7 Å². The number of fused-ring (bicyclic) bond motifs is 1. The zero-order chi connectivity index (χ0) is 17.8. The molecule has 2 amide bonds. The fraction of sp³-hybridized carbons (Fsp3) is 0.474. The van der Waals surface area contributed by atoms with Crippen LogP contribution >= 0.6 is 11.3 Å². The molecule has 1 fully saturated rings. The normalized spacial score (nSPS) is 14.8. The van der Waals surface area contributed by atoms with Crippen LogP contribution in [-0.2, 0) is 11.2 Å². The molecule has 0 bridgehead atoms. The number of ether oxygens (including phenoxy) is 1. The van der Waals surface area contributed by atoms with Crippen LogP contribution in [0, 0.1) is 0 Å². The molecule has 2 heterocycles. The lowest BCUT2D eigenvalue weighted by molar-refractivity contribution is 0.0573. The van der Waals surface area contributed by atoms with Gasteiger partial charge in [0.15, 0.2) is 0 Å². The van der Waals surface area contributed by atoms with Gasteiger partial charge in [-0.15, -0.1) is 11.3 Å². The number of carbonyl (C=O) groups excluding carboxylic acids is 2. The molecule has 0 saturated carbocycles. The molecule has 1 aliphatic rings. The average molecular weight is 360 g/mol. The average Bonchev–Trinajstić information content (AvgIpc) is 3.00. The van der Waals surface area contributed by atoms with E-state index in [1.54, 1.807) is 23.2 Å². The van der Waals surface area contributed by atoms with Gasteiger partial charge in [0.2, 0.25) is 0 Å². The first-order chi connectivity index (χ1) is 12.2. The summed E-state index contributed by atoms with van der Waals surface area (Å²) in [6, 6.07) is 8.22. The lowest BCUT2D eigenvalue weighted by atomic mass is 10.1. The molecule has 0 N–H and O–H groups in total. The molecule has 1 aliphatic heterocycles. The van der Waals surface area contributed by atoms with Gasteiger partial charge in [-0.05, 0) is 30.4 Å². The molecule has 1 saturated heterocycles. The van der Waals surface area contributed by atoms with Gasteiger partial charge in [0.05, 0.1) is 11.5 Å². The van der Waals surface area contributed by atoms with E-state index in [-0.39, 0.29) is 12.0 Å². The Balaban J connectivity index is 1.77. The number of thiophene rings is 1. The highest BCUT2D eigenvalue weighted by molar-refractivity contribution is 7.21. The molecule has 2 aromatic rings. The van der Waals surface area contributed by atoms with Crippen LogP contribution in [0.25, 0.3) is 10.1 Å². The Morgan fingerprint density at radius 2 is 1.76 bits per heavy atom. The number of amides is 2. The van der Waals surface area contributed by atoms with Crippen LogP contribution in [0.2, 0.25) is 0 Å². The van der Waals surface area contributed by atoms with Gasteiger partial charge < -0.3 is 14.5 Å². The maximum atomic E-state index is 13.1. The highest BCUT2D eigenvalue weighted by Crippen LogP contribution is 2.33. The molecule has 0 spiro atoms. The Bertz CT molecular complexity index is 763. The summed E-state index contributed by atoms with van der Waals surface area (Å²) in [5.74, 6) is 0.0909. The molecule has 6 heteroatoms. The number of hydrogen-bond acceptors (Lipinski definition) is 4. The van der Waals surface area contributed by atoms with Crippen LogP contribution in [0.1, 0.15) is 35.5 Å². The zero-order valence-electron chi connectivity index (χ0n) is 14.8. The van der Waals surface area contributed by atoms with E-state index in [1.165, 1.54) is 15.6 Å². The first kappa shape index (κ1) is 17.7. The SMILES string of the molecule is CCCc1c(C(=O)N2CCN(C(=O)OCC)CC2)sc2ccccc12. The smallest absolute Gasteiger partial charge is 0.409 e. The topological polar surface area (TPSA) is 49.9 Å². The number of rotatable bonds is 4. The van der Waals surface area contributed by atoms with Gasteiger partial charge in [-0.1, -0.05) is 31.5 Å². The minimum atomic E-state index is -0.289. The van der Waals surface area contributed by atoms with Crippen LogP contribution in [0.3, 0.4) is 0 Å². The van der Waals surface area contributed by atoms with E-state index in [0.717, 1.165) is 17.7 Å². The molecular formula is C19H24N2O3S. The summed E-state index contributed by atoms with van der Waals surface area (Å²) in [5.41, 5.74) is 1.17. The number of carbonyl (C=O) groups is 2. The van der Waals surface area contributed by atoms with Gasteiger partial charge >= 0.3 is 6.09 Å². The Hall–Kier alpha value is -2.08. The van der Waals surface area contributed by atoms with Gasteiger partial charge in [0.25, 0.3) is 5.91 Å². The third-order valence-electron chi connectivity index (χ3n) is 4.49. The summed E-state index contributed by atoms with van der Waals surface area (Å²) in [4.78, 5) is 29.3. The van der Waals surface area contributed by atoms with Crippen molar-refractivity contribution in [1.82, 2.24) is 9.80 Å². The fourth-order valence-corrected chi connectivity index (χ4v) is 4.44. The molecule has 5 nitrogen and oxygen atoms in total. The lowest BCUT2D eigenvalue weighted by Gasteiger charge is -2.34. The minimum absolute atomic E-state index is 0.0909. The second kappa shape index (κ2) is 7.87. The number of aryl methyl sites for hydroxylation is 1.